The number of nitrogens with one attached hydrogen (secondary N) is 1. The fourth-order valence-electron chi connectivity index (χ4n) is 4.71. The van der Waals surface area contributed by atoms with Crippen LogP contribution in [0.3, 0.4) is 0 Å². The number of carbonyl (C=O) groups excluding carboxylic acids is 1. The number of carboxylic acids is 1. The van der Waals surface area contributed by atoms with E-state index in [9.17, 15) is 14.0 Å². The Bertz CT molecular complexity index is 1260. The maximum atomic E-state index is 14.8. The quantitative estimate of drug-likeness (QED) is 0.442. The van der Waals surface area contributed by atoms with Crippen molar-refractivity contribution >= 4 is 11.9 Å². The molecule has 1 amide bonds. The van der Waals surface area contributed by atoms with Gasteiger partial charge in [-0.25, -0.2) is 4.39 Å². The zero-order chi connectivity index (χ0) is 24.5. The molecule has 0 bridgehead atoms. The molecule has 3 aromatic carbocycles. The lowest BCUT2D eigenvalue weighted by Crippen LogP contribution is -2.22. The van der Waals surface area contributed by atoms with Crippen LogP contribution in [0.25, 0.3) is 0 Å². The van der Waals surface area contributed by atoms with Gasteiger partial charge in [0, 0.05) is 23.2 Å². The second-order valence-corrected chi connectivity index (χ2v) is 8.92. The number of hydrogen-bond donors (Lipinski definition) is 2. The molecule has 0 aromatic heterocycles. The van der Waals surface area contributed by atoms with Crippen molar-refractivity contribution in [2.45, 2.75) is 38.2 Å². The SMILES string of the molecule is CCNC(=O)c1ccc(Oc2ccc(F)c3c2CC[C@H]3Oc2ccc([C@H]3C[C@@H]3C(=O)O)cc2)cc1. The Balaban J connectivity index is 1.29. The third kappa shape index (κ3) is 4.71. The van der Waals surface area contributed by atoms with Gasteiger partial charge in [-0.3, -0.25) is 9.59 Å². The molecule has 35 heavy (non-hydrogen) atoms. The van der Waals surface area contributed by atoms with E-state index < -0.39 is 12.1 Å². The zero-order valence-electron chi connectivity index (χ0n) is 19.3. The predicted octanol–water partition coefficient (Wildman–Crippen LogP) is 5.62. The number of carbonyl (C=O) groups is 2. The molecule has 0 heterocycles. The van der Waals surface area contributed by atoms with Crippen LogP contribution in [-0.4, -0.2) is 23.5 Å². The normalized spacial score (nSPS) is 20.1. The molecular weight excluding hydrogens is 449 g/mol. The summed E-state index contributed by atoms with van der Waals surface area (Å²) in [5, 5.41) is 11.9. The summed E-state index contributed by atoms with van der Waals surface area (Å²) in [6.45, 7) is 2.42. The molecule has 2 aliphatic carbocycles. The van der Waals surface area contributed by atoms with Gasteiger partial charge in [0.05, 0.1) is 5.92 Å². The molecule has 7 heteroatoms. The molecule has 1 saturated carbocycles. The first kappa shape index (κ1) is 22.9. The Morgan fingerprint density at radius 3 is 2.40 bits per heavy atom. The highest BCUT2D eigenvalue weighted by molar-refractivity contribution is 5.94. The number of ether oxygens (including phenoxy) is 2. The number of aliphatic carboxylic acids is 1. The van der Waals surface area contributed by atoms with Crippen LogP contribution in [0.5, 0.6) is 17.2 Å². The number of rotatable bonds is 8. The summed E-state index contributed by atoms with van der Waals surface area (Å²) in [6.07, 6.45) is 1.46. The fourth-order valence-corrected chi connectivity index (χ4v) is 4.71. The fraction of sp³-hybridized carbons (Fsp3) is 0.286. The van der Waals surface area contributed by atoms with Gasteiger partial charge in [-0.2, -0.15) is 0 Å². The summed E-state index contributed by atoms with van der Waals surface area (Å²) in [7, 11) is 0. The summed E-state index contributed by atoms with van der Waals surface area (Å²) >= 11 is 0. The third-order valence-corrected chi connectivity index (χ3v) is 6.62. The van der Waals surface area contributed by atoms with E-state index in [0.717, 1.165) is 11.1 Å². The molecule has 2 aliphatic rings. The van der Waals surface area contributed by atoms with Crippen molar-refractivity contribution < 1.29 is 28.6 Å². The molecule has 3 atom stereocenters. The second kappa shape index (κ2) is 9.41. The van der Waals surface area contributed by atoms with Crippen molar-refractivity contribution in [3.63, 3.8) is 0 Å². The first-order valence-electron chi connectivity index (χ1n) is 11.8. The van der Waals surface area contributed by atoms with Gasteiger partial charge < -0.3 is 19.9 Å². The average molecular weight is 476 g/mol. The first-order chi connectivity index (χ1) is 16.9. The van der Waals surface area contributed by atoms with Gasteiger partial charge in [-0.15, -0.1) is 0 Å². The number of benzene rings is 3. The van der Waals surface area contributed by atoms with E-state index in [2.05, 4.69) is 5.32 Å². The molecule has 1 fully saturated rings. The smallest absolute Gasteiger partial charge is 0.307 e. The Kier molecular flexibility index (Phi) is 6.16. The van der Waals surface area contributed by atoms with Crippen LogP contribution in [-0.2, 0) is 11.2 Å². The Hall–Kier alpha value is -3.87. The van der Waals surface area contributed by atoms with Crippen LogP contribution in [0.1, 0.15) is 58.8 Å². The summed E-state index contributed by atoms with van der Waals surface area (Å²) in [5.41, 5.74) is 2.81. The van der Waals surface area contributed by atoms with Gasteiger partial charge in [-0.05, 0) is 86.2 Å². The summed E-state index contributed by atoms with van der Waals surface area (Å²) < 4.78 is 27.0. The number of halogens is 1. The molecule has 0 spiro atoms. The number of amides is 1. The van der Waals surface area contributed by atoms with Gasteiger partial charge >= 0.3 is 5.97 Å². The van der Waals surface area contributed by atoms with E-state index in [1.807, 2.05) is 31.2 Å². The number of fused-ring (bicyclic) bond motifs is 1. The van der Waals surface area contributed by atoms with E-state index in [1.165, 1.54) is 6.07 Å². The van der Waals surface area contributed by atoms with E-state index in [-0.39, 0.29) is 23.6 Å². The minimum Gasteiger partial charge on any atom is -0.486 e. The van der Waals surface area contributed by atoms with Crippen molar-refractivity contribution in [3.05, 3.63) is 88.7 Å². The van der Waals surface area contributed by atoms with E-state index in [1.54, 1.807) is 30.3 Å². The van der Waals surface area contributed by atoms with Gasteiger partial charge in [0.25, 0.3) is 5.91 Å². The van der Waals surface area contributed by atoms with Gasteiger partial charge in [0.15, 0.2) is 0 Å². The third-order valence-electron chi connectivity index (χ3n) is 6.62. The molecule has 0 saturated heterocycles. The Labute approximate surface area is 202 Å². The lowest BCUT2D eigenvalue weighted by Gasteiger charge is -2.17. The molecule has 0 aliphatic heterocycles. The maximum Gasteiger partial charge on any atom is 0.307 e. The zero-order valence-corrected chi connectivity index (χ0v) is 19.3. The molecule has 5 rings (SSSR count). The molecule has 6 nitrogen and oxygen atoms in total. The Morgan fingerprint density at radius 1 is 1.03 bits per heavy atom. The number of hydrogen-bond acceptors (Lipinski definition) is 4. The van der Waals surface area contributed by atoms with Gasteiger partial charge in [0.2, 0.25) is 0 Å². The topological polar surface area (TPSA) is 84.9 Å². The van der Waals surface area contributed by atoms with Crippen LogP contribution < -0.4 is 14.8 Å². The van der Waals surface area contributed by atoms with Crippen molar-refractivity contribution in [2.24, 2.45) is 5.92 Å². The minimum absolute atomic E-state index is 0.0565. The highest BCUT2D eigenvalue weighted by Crippen LogP contribution is 2.48. The minimum atomic E-state index is -0.760. The maximum absolute atomic E-state index is 14.8. The molecule has 0 unspecified atom stereocenters. The monoisotopic (exact) mass is 475 g/mol. The van der Waals surface area contributed by atoms with Crippen molar-refractivity contribution in [1.29, 1.82) is 0 Å². The second-order valence-electron chi connectivity index (χ2n) is 8.92. The van der Waals surface area contributed by atoms with Gasteiger partial charge in [0.1, 0.15) is 29.2 Å². The Morgan fingerprint density at radius 2 is 1.74 bits per heavy atom. The molecule has 2 N–H and O–H groups in total. The largest absolute Gasteiger partial charge is 0.486 e. The lowest BCUT2D eigenvalue weighted by atomic mass is 10.1. The van der Waals surface area contributed by atoms with Crippen LogP contribution in [0, 0.1) is 11.7 Å². The number of carboxylic acid groups (broad SMARTS) is 1. The van der Waals surface area contributed by atoms with Crippen LogP contribution in [0.15, 0.2) is 60.7 Å². The lowest BCUT2D eigenvalue weighted by molar-refractivity contribution is -0.138. The van der Waals surface area contributed by atoms with E-state index in [0.29, 0.717) is 54.2 Å². The molecule has 180 valence electrons. The summed E-state index contributed by atoms with van der Waals surface area (Å²) in [5.74, 6) is 0.263. The molecule has 3 aromatic rings. The summed E-state index contributed by atoms with van der Waals surface area (Å²) in [4.78, 5) is 23.1. The van der Waals surface area contributed by atoms with Crippen LogP contribution in [0.2, 0.25) is 0 Å². The highest BCUT2D eigenvalue weighted by Gasteiger charge is 2.44. The predicted molar refractivity (Wildman–Crippen MR) is 128 cm³/mol. The van der Waals surface area contributed by atoms with Crippen molar-refractivity contribution in [2.75, 3.05) is 6.54 Å². The van der Waals surface area contributed by atoms with Gasteiger partial charge in [-0.1, -0.05) is 12.1 Å². The first-order valence-corrected chi connectivity index (χ1v) is 11.8. The van der Waals surface area contributed by atoms with Crippen molar-refractivity contribution in [1.82, 2.24) is 5.32 Å². The standard InChI is InChI=1S/C28H26FNO5/c1-2-30-27(31)17-5-9-18(10-6-17)34-24-14-12-23(29)26-20(24)11-13-25(26)35-19-7-3-16(4-8-19)21-15-22(21)28(32)33/h3-10,12,14,21-22,25H,2,11,13,15H2,1H3,(H,30,31)(H,32,33)/t21-,22+,25-/m1/s1. The molecular formula is C28H26FNO5. The average Bonchev–Trinajstić information content (AvgIpc) is 3.56. The van der Waals surface area contributed by atoms with E-state index >= 15 is 0 Å². The summed E-state index contributed by atoms with van der Waals surface area (Å²) in [6, 6.07) is 17.3. The molecule has 0 radical (unpaired) electrons. The van der Waals surface area contributed by atoms with Crippen LogP contribution in [0.4, 0.5) is 4.39 Å². The van der Waals surface area contributed by atoms with E-state index in [4.69, 9.17) is 14.6 Å². The van der Waals surface area contributed by atoms with Crippen molar-refractivity contribution in [3.8, 4) is 17.2 Å². The highest BCUT2D eigenvalue weighted by atomic mass is 19.1. The van der Waals surface area contributed by atoms with Crippen LogP contribution >= 0.6 is 0 Å².